The fourth-order valence-corrected chi connectivity index (χ4v) is 3.32. The Morgan fingerprint density at radius 2 is 1.88 bits per heavy atom. The molecular formula is C17H14FN5S. The van der Waals surface area contributed by atoms with Crippen LogP contribution < -0.4 is 5.32 Å². The molecule has 0 aliphatic rings. The van der Waals surface area contributed by atoms with E-state index < -0.39 is 0 Å². The Balaban J connectivity index is 1.59. The van der Waals surface area contributed by atoms with Gasteiger partial charge in [-0.1, -0.05) is 35.6 Å². The lowest BCUT2D eigenvalue weighted by Crippen LogP contribution is -2.01. The number of imidazole rings is 1. The number of rotatable bonds is 4. The maximum absolute atomic E-state index is 13.7. The fourth-order valence-electron chi connectivity index (χ4n) is 2.58. The molecule has 7 heteroatoms. The van der Waals surface area contributed by atoms with Gasteiger partial charge in [-0.25, -0.2) is 9.37 Å². The molecule has 0 spiro atoms. The van der Waals surface area contributed by atoms with E-state index in [0.29, 0.717) is 17.4 Å². The zero-order valence-electron chi connectivity index (χ0n) is 12.9. The molecule has 0 aliphatic heterocycles. The molecule has 120 valence electrons. The van der Waals surface area contributed by atoms with E-state index in [9.17, 15) is 4.39 Å². The summed E-state index contributed by atoms with van der Waals surface area (Å²) in [6, 6.07) is 14.5. The minimum Gasteiger partial charge on any atom is -0.328 e. The molecule has 0 saturated heterocycles. The van der Waals surface area contributed by atoms with Crippen molar-refractivity contribution < 1.29 is 4.39 Å². The summed E-state index contributed by atoms with van der Waals surface area (Å²) in [5.74, 6) is 0.612. The Bertz CT molecular complexity index is 1010. The first-order valence-electron chi connectivity index (χ1n) is 7.46. The lowest BCUT2D eigenvalue weighted by Gasteiger charge is -2.03. The summed E-state index contributed by atoms with van der Waals surface area (Å²) >= 11 is 1.40. The lowest BCUT2D eigenvalue weighted by atomic mass is 10.3. The van der Waals surface area contributed by atoms with Gasteiger partial charge in [-0.05, 0) is 31.2 Å². The van der Waals surface area contributed by atoms with Crippen LogP contribution in [0, 0.1) is 12.7 Å². The number of anilines is 2. The van der Waals surface area contributed by atoms with E-state index in [0.717, 1.165) is 21.9 Å². The molecule has 2 aromatic heterocycles. The van der Waals surface area contributed by atoms with E-state index in [2.05, 4.69) is 25.1 Å². The molecule has 0 amide bonds. The molecule has 0 atom stereocenters. The van der Waals surface area contributed by atoms with Gasteiger partial charge in [-0.3, -0.25) is 0 Å². The van der Waals surface area contributed by atoms with Crippen LogP contribution in [0.25, 0.3) is 11.0 Å². The van der Waals surface area contributed by atoms with E-state index in [1.165, 1.54) is 17.4 Å². The van der Waals surface area contributed by atoms with Crippen LogP contribution in [0.5, 0.6) is 0 Å². The van der Waals surface area contributed by atoms with Crippen LogP contribution in [0.4, 0.5) is 15.2 Å². The third kappa shape index (κ3) is 2.74. The molecule has 2 aromatic carbocycles. The van der Waals surface area contributed by atoms with Gasteiger partial charge in [0.15, 0.2) is 0 Å². The van der Waals surface area contributed by atoms with Gasteiger partial charge in [0, 0.05) is 0 Å². The minimum absolute atomic E-state index is 0.314. The molecular weight excluding hydrogens is 325 g/mol. The van der Waals surface area contributed by atoms with Gasteiger partial charge in [0.05, 0.1) is 23.3 Å². The van der Waals surface area contributed by atoms with Crippen molar-refractivity contribution in [2.24, 2.45) is 0 Å². The second kappa shape index (κ2) is 6.01. The molecule has 4 aromatic rings. The highest BCUT2D eigenvalue weighted by Crippen LogP contribution is 2.24. The number of nitrogens with one attached hydrogen (secondary N) is 1. The molecule has 0 aliphatic carbocycles. The smallest absolute Gasteiger partial charge is 0.210 e. The zero-order chi connectivity index (χ0) is 16.5. The van der Waals surface area contributed by atoms with Crippen LogP contribution in [0.15, 0.2) is 48.5 Å². The zero-order valence-corrected chi connectivity index (χ0v) is 13.7. The van der Waals surface area contributed by atoms with E-state index in [4.69, 9.17) is 0 Å². The first-order chi connectivity index (χ1) is 11.7. The molecule has 0 bridgehead atoms. The maximum atomic E-state index is 13.7. The van der Waals surface area contributed by atoms with E-state index in [-0.39, 0.29) is 5.82 Å². The van der Waals surface area contributed by atoms with Gasteiger partial charge in [-0.15, -0.1) is 10.2 Å². The fraction of sp³-hybridized carbons (Fsp3) is 0.118. The first kappa shape index (κ1) is 14.8. The number of fused-ring (bicyclic) bond motifs is 1. The van der Waals surface area contributed by atoms with E-state index in [1.807, 2.05) is 31.2 Å². The molecule has 24 heavy (non-hydrogen) atoms. The van der Waals surface area contributed by atoms with Crippen LogP contribution in [0.3, 0.4) is 0 Å². The van der Waals surface area contributed by atoms with Crippen molar-refractivity contribution in [1.29, 1.82) is 0 Å². The van der Waals surface area contributed by atoms with Crippen LogP contribution in [0.2, 0.25) is 0 Å². The van der Waals surface area contributed by atoms with Crippen LogP contribution >= 0.6 is 11.3 Å². The largest absolute Gasteiger partial charge is 0.328 e. The summed E-state index contributed by atoms with van der Waals surface area (Å²) in [7, 11) is 0. The number of hydrogen-bond acceptors (Lipinski definition) is 5. The number of aromatic nitrogens is 4. The average molecular weight is 339 g/mol. The normalized spacial score (nSPS) is 11.1. The van der Waals surface area contributed by atoms with Gasteiger partial charge in [-0.2, -0.15) is 0 Å². The number of benzene rings is 2. The summed E-state index contributed by atoms with van der Waals surface area (Å²) in [6.45, 7) is 2.56. The SMILES string of the molecule is Cc1nc2ccccc2n1Cc1nnc(Nc2ccccc2F)s1. The second-order valence-electron chi connectivity index (χ2n) is 5.34. The van der Waals surface area contributed by atoms with Gasteiger partial charge >= 0.3 is 0 Å². The van der Waals surface area contributed by atoms with Gasteiger partial charge in [0.2, 0.25) is 5.13 Å². The molecule has 4 rings (SSSR count). The monoisotopic (exact) mass is 339 g/mol. The molecule has 1 N–H and O–H groups in total. The summed E-state index contributed by atoms with van der Waals surface area (Å²) in [5, 5.41) is 12.7. The van der Waals surface area contributed by atoms with Gasteiger partial charge < -0.3 is 9.88 Å². The molecule has 5 nitrogen and oxygen atoms in total. The predicted octanol–water partition coefficient (Wildman–Crippen LogP) is 4.13. The van der Waals surface area contributed by atoms with Crippen molar-refractivity contribution in [2.45, 2.75) is 13.5 Å². The molecule has 0 fully saturated rings. The highest BCUT2D eigenvalue weighted by Gasteiger charge is 2.11. The quantitative estimate of drug-likeness (QED) is 0.607. The Morgan fingerprint density at radius 3 is 2.75 bits per heavy atom. The first-order valence-corrected chi connectivity index (χ1v) is 8.28. The van der Waals surface area contributed by atoms with Crippen LogP contribution in [-0.2, 0) is 6.54 Å². The third-order valence-corrected chi connectivity index (χ3v) is 4.54. The molecule has 0 saturated carbocycles. The molecule has 0 unspecified atom stereocenters. The van der Waals surface area contributed by atoms with Crippen LogP contribution in [0.1, 0.15) is 10.8 Å². The Hall–Kier alpha value is -2.80. The van der Waals surface area contributed by atoms with E-state index >= 15 is 0 Å². The number of aryl methyl sites for hydroxylation is 1. The average Bonchev–Trinajstić information content (AvgIpc) is 3.15. The lowest BCUT2D eigenvalue weighted by molar-refractivity contribution is 0.632. The number of hydrogen-bond donors (Lipinski definition) is 1. The Morgan fingerprint density at radius 1 is 1.08 bits per heavy atom. The number of nitrogens with zero attached hydrogens (tertiary/aromatic N) is 4. The van der Waals surface area contributed by atoms with Gasteiger partial charge in [0.1, 0.15) is 16.6 Å². The number of halogens is 1. The molecule has 0 radical (unpaired) electrons. The Kier molecular flexibility index (Phi) is 3.70. The highest BCUT2D eigenvalue weighted by atomic mass is 32.1. The maximum Gasteiger partial charge on any atom is 0.210 e. The summed E-state index contributed by atoms with van der Waals surface area (Å²) < 4.78 is 15.8. The van der Waals surface area contributed by atoms with E-state index in [1.54, 1.807) is 18.2 Å². The second-order valence-corrected chi connectivity index (χ2v) is 6.40. The van der Waals surface area contributed by atoms with Crippen molar-refractivity contribution >= 4 is 33.2 Å². The van der Waals surface area contributed by atoms with Crippen molar-refractivity contribution in [1.82, 2.24) is 19.7 Å². The van der Waals surface area contributed by atoms with Crippen LogP contribution in [-0.4, -0.2) is 19.7 Å². The summed E-state index contributed by atoms with van der Waals surface area (Å²) in [4.78, 5) is 4.55. The van der Waals surface area contributed by atoms with Crippen molar-refractivity contribution in [2.75, 3.05) is 5.32 Å². The number of para-hydroxylation sites is 3. The Labute approximate surface area is 141 Å². The van der Waals surface area contributed by atoms with Gasteiger partial charge in [0.25, 0.3) is 0 Å². The van der Waals surface area contributed by atoms with Crippen molar-refractivity contribution in [3.8, 4) is 0 Å². The topological polar surface area (TPSA) is 55.6 Å². The standard InChI is InChI=1S/C17H14FN5S/c1-11-19-14-8-4-5-9-15(14)23(11)10-16-21-22-17(24-16)20-13-7-3-2-6-12(13)18/h2-9H,10H2,1H3,(H,20,22). The molecule has 2 heterocycles. The van der Waals surface area contributed by atoms with Crippen molar-refractivity contribution in [3.63, 3.8) is 0 Å². The van der Waals surface area contributed by atoms with Crippen molar-refractivity contribution in [3.05, 3.63) is 65.2 Å². The summed E-state index contributed by atoms with van der Waals surface area (Å²) in [6.07, 6.45) is 0. The third-order valence-electron chi connectivity index (χ3n) is 3.72. The minimum atomic E-state index is -0.314. The summed E-state index contributed by atoms with van der Waals surface area (Å²) in [5.41, 5.74) is 2.42. The highest BCUT2D eigenvalue weighted by molar-refractivity contribution is 7.15. The predicted molar refractivity (Wildman–Crippen MR) is 93.2 cm³/mol.